The number of hydrogen-bond donors (Lipinski definition) is 0. The minimum absolute atomic E-state index is 0.0614. The number of hydrogen-bond acceptors (Lipinski definition) is 5. The molecule has 5 nitrogen and oxygen atoms in total. The van der Waals surface area contributed by atoms with Gasteiger partial charge in [0.1, 0.15) is 0 Å². The van der Waals surface area contributed by atoms with E-state index in [0.717, 1.165) is 0 Å². The molecule has 0 aliphatic carbocycles. The largest absolute Gasteiger partial charge is 0.466 e. The predicted octanol–water partition coefficient (Wildman–Crippen LogP) is 3.09. The van der Waals surface area contributed by atoms with Gasteiger partial charge in [0.05, 0.1) is 24.0 Å². The third-order valence-corrected chi connectivity index (χ3v) is 5.85. The molecule has 2 aromatic rings. The molecular weight excluding hydrogens is 338 g/mol. The third-order valence-electron chi connectivity index (χ3n) is 3.82. The first kappa shape index (κ1) is 18.7. The number of carbonyl (C=O) groups is 1. The highest BCUT2D eigenvalue weighted by molar-refractivity contribution is 7.92. The Hall–Kier alpha value is -2.65. The van der Waals surface area contributed by atoms with Crippen molar-refractivity contribution in [2.24, 2.45) is 0 Å². The van der Waals surface area contributed by atoms with Crippen LogP contribution in [0.1, 0.15) is 24.8 Å². The average molecular weight is 357 g/mol. The first-order valence-electron chi connectivity index (χ1n) is 7.89. The molecule has 0 saturated heterocycles. The van der Waals surface area contributed by atoms with Gasteiger partial charge in [-0.3, -0.25) is 4.79 Å². The second kappa shape index (κ2) is 8.45. The maximum absolute atomic E-state index is 12.9. The number of rotatable bonds is 7. The molecule has 0 fully saturated rings. The van der Waals surface area contributed by atoms with E-state index in [4.69, 9.17) is 4.74 Å². The van der Waals surface area contributed by atoms with Gasteiger partial charge < -0.3 is 4.74 Å². The van der Waals surface area contributed by atoms with Gasteiger partial charge in [-0.15, -0.1) is 0 Å². The maximum Gasteiger partial charge on any atom is 0.306 e. The minimum Gasteiger partial charge on any atom is -0.466 e. The fourth-order valence-corrected chi connectivity index (χ4v) is 4.29. The van der Waals surface area contributed by atoms with Crippen LogP contribution in [0.3, 0.4) is 0 Å². The Kier molecular flexibility index (Phi) is 6.31. The summed E-state index contributed by atoms with van der Waals surface area (Å²) in [5.74, 6) is -1.34. The van der Waals surface area contributed by atoms with Gasteiger partial charge in [-0.05, 0) is 24.6 Å². The Morgan fingerprint density at radius 3 is 2.16 bits per heavy atom. The van der Waals surface area contributed by atoms with Crippen LogP contribution >= 0.6 is 0 Å². The average Bonchev–Trinajstić information content (AvgIpc) is 2.63. The lowest BCUT2D eigenvalue weighted by atomic mass is 9.92. The lowest BCUT2D eigenvalue weighted by Crippen LogP contribution is -2.29. The molecule has 0 saturated carbocycles. The molecule has 0 spiro atoms. The topological polar surface area (TPSA) is 84.2 Å². The van der Waals surface area contributed by atoms with E-state index in [2.05, 4.69) is 0 Å². The van der Waals surface area contributed by atoms with E-state index < -0.39 is 27.0 Å². The fraction of sp³-hybridized carbons (Fsp3) is 0.263. The number of ether oxygens (including phenoxy) is 1. The van der Waals surface area contributed by atoms with Gasteiger partial charge in [0, 0.05) is 5.92 Å². The van der Waals surface area contributed by atoms with Crippen molar-refractivity contribution in [2.75, 3.05) is 6.61 Å². The zero-order valence-corrected chi connectivity index (χ0v) is 14.6. The van der Waals surface area contributed by atoms with Gasteiger partial charge in [0.15, 0.2) is 15.1 Å². The monoisotopic (exact) mass is 357 g/mol. The summed E-state index contributed by atoms with van der Waals surface area (Å²) in [5.41, 5.74) is 0.613. The van der Waals surface area contributed by atoms with E-state index in [1.807, 2.05) is 6.07 Å². The van der Waals surface area contributed by atoms with Crippen LogP contribution in [0.2, 0.25) is 0 Å². The van der Waals surface area contributed by atoms with E-state index in [1.54, 1.807) is 55.5 Å². The lowest BCUT2D eigenvalue weighted by Gasteiger charge is -2.22. The zero-order valence-electron chi connectivity index (χ0n) is 13.8. The summed E-state index contributed by atoms with van der Waals surface area (Å²) in [6.45, 7) is 1.88. The van der Waals surface area contributed by atoms with Crippen molar-refractivity contribution < 1.29 is 17.9 Å². The first-order valence-corrected chi connectivity index (χ1v) is 9.44. The van der Waals surface area contributed by atoms with E-state index in [1.165, 1.54) is 12.1 Å². The first-order chi connectivity index (χ1) is 12.0. The van der Waals surface area contributed by atoms with Gasteiger partial charge in [0.25, 0.3) is 0 Å². The summed E-state index contributed by atoms with van der Waals surface area (Å²) < 4.78 is 30.8. The van der Waals surface area contributed by atoms with E-state index in [0.29, 0.717) is 5.56 Å². The van der Waals surface area contributed by atoms with Crippen LogP contribution in [0.5, 0.6) is 0 Å². The number of carbonyl (C=O) groups excluding carboxylic acids is 1. The molecule has 0 aliphatic heterocycles. The van der Waals surface area contributed by atoms with Gasteiger partial charge >= 0.3 is 5.97 Å². The second-order valence-corrected chi connectivity index (χ2v) is 7.50. The minimum atomic E-state index is -3.93. The molecule has 0 aliphatic rings. The summed E-state index contributed by atoms with van der Waals surface area (Å²) in [7, 11) is -3.93. The number of nitrogens with zero attached hydrogens (tertiary/aromatic N) is 1. The number of esters is 1. The normalized spacial score (nSPS) is 13.4. The van der Waals surface area contributed by atoms with E-state index in [-0.39, 0.29) is 17.9 Å². The van der Waals surface area contributed by atoms with Crippen molar-refractivity contribution in [3.63, 3.8) is 0 Å². The Balaban J connectivity index is 2.47. The van der Waals surface area contributed by atoms with E-state index >= 15 is 0 Å². The molecule has 2 atom stereocenters. The van der Waals surface area contributed by atoms with Crippen molar-refractivity contribution in [3.8, 4) is 6.07 Å². The maximum atomic E-state index is 12.9. The number of sulfone groups is 1. The van der Waals surface area contributed by atoms with Crippen LogP contribution in [0.15, 0.2) is 65.6 Å². The van der Waals surface area contributed by atoms with Crippen molar-refractivity contribution in [2.45, 2.75) is 29.4 Å². The highest BCUT2D eigenvalue weighted by Crippen LogP contribution is 2.31. The van der Waals surface area contributed by atoms with Crippen molar-refractivity contribution >= 4 is 15.8 Å². The molecule has 2 unspecified atom stereocenters. The van der Waals surface area contributed by atoms with Crippen LogP contribution < -0.4 is 0 Å². The van der Waals surface area contributed by atoms with Crippen molar-refractivity contribution in [1.29, 1.82) is 5.26 Å². The molecule has 25 heavy (non-hydrogen) atoms. The summed E-state index contributed by atoms with van der Waals surface area (Å²) in [6, 6.07) is 18.4. The molecule has 0 bridgehead atoms. The molecular formula is C19H19NO4S. The Morgan fingerprint density at radius 1 is 1.08 bits per heavy atom. The quantitative estimate of drug-likeness (QED) is 0.711. The number of benzene rings is 2. The molecule has 0 radical (unpaired) electrons. The summed E-state index contributed by atoms with van der Waals surface area (Å²) in [6.07, 6.45) is -0.178. The highest BCUT2D eigenvalue weighted by Gasteiger charge is 2.37. The zero-order chi connectivity index (χ0) is 18.3. The van der Waals surface area contributed by atoms with Crippen LogP contribution in [-0.2, 0) is 19.4 Å². The standard InChI is InChI=1S/C19H19NO4S/c1-2-24-19(21)13-17(15-9-5-3-6-10-15)18(14-20)25(22,23)16-11-7-4-8-12-16/h3-12,17-18H,2,13H2,1H3. The van der Waals surface area contributed by atoms with Crippen LogP contribution in [0, 0.1) is 11.3 Å². The fourth-order valence-electron chi connectivity index (χ4n) is 2.63. The molecule has 6 heteroatoms. The summed E-state index contributed by atoms with van der Waals surface area (Å²) in [4.78, 5) is 12.0. The van der Waals surface area contributed by atoms with Gasteiger partial charge in [-0.1, -0.05) is 48.5 Å². The predicted molar refractivity (Wildman–Crippen MR) is 93.5 cm³/mol. The smallest absolute Gasteiger partial charge is 0.306 e. The molecule has 0 N–H and O–H groups in total. The molecule has 0 amide bonds. The SMILES string of the molecule is CCOC(=O)CC(c1ccccc1)C(C#N)S(=O)(=O)c1ccccc1. The summed E-state index contributed by atoms with van der Waals surface area (Å²) >= 11 is 0. The molecule has 2 rings (SSSR count). The van der Waals surface area contributed by atoms with Crippen LogP contribution in [-0.4, -0.2) is 26.2 Å². The van der Waals surface area contributed by atoms with Gasteiger partial charge in [-0.25, -0.2) is 8.42 Å². The van der Waals surface area contributed by atoms with Crippen LogP contribution in [0.4, 0.5) is 0 Å². The highest BCUT2D eigenvalue weighted by atomic mass is 32.2. The molecule has 130 valence electrons. The van der Waals surface area contributed by atoms with E-state index in [9.17, 15) is 18.5 Å². The second-order valence-electron chi connectivity index (χ2n) is 5.43. The van der Waals surface area contributed by atoms with Gasteiger partial charge in [0.2, 0.25) is 0 Å². The Morgan fingerprint density at radius 2 is 1.64 bits per heavy atom. The molecule has 0 heterocycles. The van der Waals surface area contributed by atoms with Crippen LogP contribution in [0.25, 0.3) is 0 Å². The molecule has 2 aromatic carbocycles. The Bertz CT molecular complexity index is 842. The summed E-state index contributed by atoms with van der Waals surface area (Å²) in [5, 5.41) is 8.23. The van der Waals surface area contributed by atoms with Crippen molar-refractivity contribution in [3.05, 3.63) is 66.2 Å². The molecule has 0 aromatic heterocycles. The lowest BCUT2D eigenvalue weighted by molar-refractivity contribution is -0.143. The Labute approximate surface area is 147 Å². The number of nitriles is 1. The third kappa shape index (κ3) is 4.46. The van der Waals surface area contributed by atoms with Crippen molar-refractivity contribution in [1.82, 2.24) is 0 Å². The van der Waals surface area contributed by atoms with Gasteiger partial charge in [-0.2, -0.15) is 5.26 Å².